The Morgan fingerprint density at radius 2 is 2.27 bits per heavy atom. The first-order chi connectivity index (χ1) is 5.25. The van der Waals surface area contributed by atoms with E-state index in [1.165, 1.54) is 16.9 Å². The first-order valence-electron chi connectivity index (χ1n) is 3.28. The number of nitrogens with zero attached hydrogens (tertiary/aromatic N) is 1. The van der Waals surface area contributed by atoms with Gasteiger partial charge in [0.25, 0.3) is 0 Å². The van der Waals surface area contributed by atoms with Crippen LogP contribution in [0.4, 0.5) is 0 Å². The third-order valence-electron chi connectivity index (χ3n) is 1.52. The maximum absolute atomic E-state index is 5.74. The molecule has 0 amide bonds. The molecule has 1 aromatic heterocycles. The van der Waals surface area contributed by atoms with Crippen molar-refractivity contribution in [3.63, 3.8) is 0 Å². The van der Waals surface area contributed by atoms with Crippen molar-refractivity contribution in [1.82, 2.24) is 4.98 Å². The zero-order valence-electron chi connectivity index (χ0n) is 5.97. The summed E-state index contributed by atoms with van der Waals surface area (Å²) in [5, 5.41) is 0. The SMILES string of the molecule is Cc1ccc2nc(Cl)sc2c1. The Labute approximate surface area is 73.6 Å². The summed E-state index contributed by atoms with van der Waals surface area (Å²) in [6, 6.07) is 6.13. The molecule has 1 nitrogen and oxygen atoms in total. The Balaban J connectivity index is 2.82. The molecule has 11 heavy (non-hydrogen) atoms. The van der Waals surface area contributed by atoms with Gasteiger partial charge >= 0.3 is 0 Å². The molecule has 0 N–H and O–H groups in total. The second-order valence-corrected chi connectivity index (χ2v) is 4.05. The number of benzene rings is 1. The lowest BCUT2D eigenvalue weighted by atomic mass is 10.2. The van der Waals surface area contributed by atoms with E-state index in [0.29, 0.717) is 4.47 Å². The highest BCUT2D eigenvalue weighted by Gasteiger charge is 1.99. The standard InChI is InChI=1S/C8H6ClNS/c1-5-2-3-6-7(4-5)11-8(9)10-6/h2-4H,1H3. The van der Waals surface area contributed by atoms with Crippen LogP contribution in [0.3, 0.4) is 0 Å². The summed E-state index contributed by atoms with van der Waals surface area (Å²) in [6.07, 6.45) is 0. The molecule has 0 aliphatic carbocycles. The van der Waals surface area contributed by atoms with Gasteiger partial charge in [-0.1, -0.05) is 17.7 Å². The molecule has 56 valence electrons. The van der Waals surface area contributed by atoms with E-state index in [4.69, 9.17) is 11.6 Å². The largest absolute Gasteiger partial charge is 0.225 e. The molecule has 0 bridgehead atoms. The Kier molecular flexibility index (Phi) is 1.59. The predicted molar refractivity (Wildman–Crippen MR) is 49.4 cm³/mol. The van der Waals surface area contributed by atoms with Crippen LogP contribution in [0.15, 0.2) is 18.2 Å². The van der Waals surface area contributed by atoms with Crippen LogP contribution in [0.2, 0.25) is 4.47 Å². The van der Waals surface area contributed by atoms with Crippen molar-refractivity contribution < 1.29 is 0 Å². The van der Waals surface area contributed by atoms with Crippen LogP contribution < -0.4 is 0 Å². The van der Waals surface area contributed by atoms with Crippen LogP contribution >= 0.6 is 22.9 Å². The minimum Gasteiger partial charge on any atom is -0.225 e. The van der Waals surface area contributed by atoms with E-state index in [9.17, 15) is 0 Å². The lowest BCUT2D eigenvalue weighted by Gasteiger charge is -1.88. The van der Waals surface area contributed by atoms with Crippen molar-refractivity contribution in [3.05, 3.63) is 28.2 Å². The number of thiazole rings is 1. The van der Waals surface area contributed by atoms with Crippen LogP contribution in [-0.2, 0) is 0 Å². The van der Waals surface area contributed by atoms with Gasteiger partial charge in [0, 0.05) is 0 Å². The van der Waals surface area contributed by atoms with E-state index in [0.717, 1.165) is 10.2 Å². The van der Waals surface area contributed by atoms with Gasteiger partial charge in [0.05, 0.1) is 10.2 Å². The molecular weight excluding hydrogens is 178 g/mol. The summed E-state index contributed by atoms with van der Waals surface area (Å²) in [6.45, 7) is 2.06. The van der Waals surface area contributed by atoms with Crippen molar-refractivity contribution in [2.75, 3.05) is 0 Å². The van der Waals surface area contributed by atoms with Crippen molar-refractivity contribution in [3.8, 4) is 0 Å². The number of hydrogen-bond donors (Lipinski definition) is 0. The third-order valence-corrected chi connectivity index (χ3v) is 2.64. The molecule has 2 aromatic rings. The zero-order chi connectivity index (χ0) is 7.84. The molecule has 0 aliphatic heterocycles. The molecule has 3 heteroatoms. The predicted octanol–water partition coefficient (Wildman–Crippen LogP) is 3.26. The first kappa shape index (κ1) is 7.07. The number of rotatable bonds is 0. The van der Waals surface area contributed by atoms with Crippen LogP contribution in [0.25, 0.3) is 10.2 Å². The maximum atomic E-state index is 5.74. The van der Waals surface area contributed by atoms with E-state index in [1.807, 2.05) is 12.1 Å². The molecule has 2 rings (SSSR count). The lowest BCUT2D eigenvalue weighted by molar-refractivity contribution is 1.46. The number of fused-ring (bicyclic) bond motifs is 1. The van der Waals surface area contributed by atoms with Crippen molar-refractivity contribution in [2.45, 2.75) is 6.92 Å². The quantitative estimate of drug-likeness (QED) is 0.611. The lowest BCUT2D eigenvalue weighted by Crippen LogP contribution is -1.69. The third kappa shape index (κ3) is 1.24. The Morgan fingerprint density at radius 3 is 3.09 bits per heavy atom. The summed E-state index contributed by atoms with van der Waals surface area (Å²) >= 11 is 7.26. The number of aryl methyl sites for hydroxylation is 1. The minimum absolute atomic E-state index is 0.616. The van der Waals surface area contributed by atoms with E-state index < -0.39 is 0 Å². The molecule has 0 fully saturated rings. The smallest absolute Gasteiger partial charge is 0.184 e. The molecule has 0 unspecified atom stereocenters. The molecule has 1 heterocycles. The Bertz CT molecular complexity index is 394. The van der Waals surface area contributed by atoms with Crippen LogP contribution in [-0.4, -0.2) is 4.98 Å². The molecule has 0 aliphatic rings. The van der Waals surface area contributed by atoms with Gasteiger partial charge in [-0.3, -0.25) is 0 Å². The van der Waals surface area contributed by atoms with Gasteiger partial charge in [0.15, 0.2) is 4.47 Å². The summed E-state index contributed by atoms with van der Waals surface area (Å²) in [5.74, 6) is 0. The minimum atomic E-state index is 0.616. The van der Waals surface area contributed by atoms with E-state index in [1.54, 1.807) is 0 Å². The molecular formula is C8H6ClNS. The fourth-order valence-electron chi connectivity index (χ4n) is 1.00. The normalized spacial score (nSPS) is 10.7. The molecule has 0 saturated carbocycles. The molecule has 1 aromatic carbocycles. The van der Waals surface area contributed by atoms with Crippen molar-refractivity contribution in [2.24, 2.45) is 0 Å². The van der Waals surface area contributed by atoms with E-state index in [2.05, 4.69) is 18.0 Å². The van der Waals surface area contributed by atoms with Gasteiger partial charge in [0.2, 0.25) is 0 Å². The van der Waals surface area contributed by atoms with E-state index in [-0.39, 0.29) is 0 Å². The number of aromatic nitrogens is 1. The fraction of sp³-hybridized carbons (Fsp3) is 0.125. The van der Waals surface area contributed by atoms with Crippen LogP contribution in [0.1, 0.15) is 5.56 Å². The number of hydrogen-bond acceptors (Lipinski definition) is 2. The van der Waals surface area contributed by atoms with Gasteiger partial charge in [-0.05, 0) is 24.6 Å². The second-order valence-electron chi connectivity index (χ2n) is 2.44. The summed E-state index contributed by atoms with van der Waals surface area (Å²) in [5.41, 5.74) is 2.24. The monoisotopic (exact) mass is 183 g/mol. The highest BCUT2D eigenvalue weighted by atomic mass is 35.5. The molecule has 0 spiro atoms. The highest BCUT2D eigenvalue weighted by molar-refractivity contribution is 7.22. The molecule has 0 saturated heterocycles. The van der Waals surface area contributed by atoms with Gasteiger partial charge < -0.3 is 0 Å². The zero-order valence-corrected chi connectivity index (χ0v) is 7.54. The Hall–Kier alpha value is -0.600. The summed E-state index contributed by atoms with van der Waals surface area (Å²) in [7, 11) is 0. The fourth-order valence-corrected chi connectivity index (χ4v) is 2.13. The van der Waals surface area contributed by atoms with Crippen LogP contribution in [0, 0.1) is 6.92 Å². The van der Waals surface area contributed by atoms with Crippen molar-refractivity contribution in [1.29, 1.82) is 0 Å². The van der Waals surface area contributed by atoms with E-state index >= 15 is 0 Å². The summed E-state index contributed by atoms with van der Waals surface area (Å²) in [4.78, 5) is 4.14. The highest BCUT2D eigenvalue weighted by Crippen LogP contribution is 2.25. The van der Waals surface area contributed by atoms with Gasteiger partial charge in [-0.25, -0.2) is 4.98 Å². The topological polar surface area (TPSA) is 12.9 Å². The molecule has 0 radical (unpaired) electrons. The molecule has 0 atom stereocenters. The van der Waals surface area contributed by atoms with Crippen molar-refractivity contribution >= 4 is 33.2 Å². The number of halogens is 1. The van der Waals surface area contributed by atoms with Gasteiger partial charge in [-0.2, -0.15) is 0 Å². The first-order valence-corrected chi connectivity index (χ1v) is 4.48. The summed E-state index contributed by atoms with van der Waals surface area (Å²) < 4.78 is 1.78. The Morgan fingerprint density at radius 1 is 1.45 bits per heavy atom. The van der Waals surface area contributed by atoms with Gasteiger partial charge in [-0.15, -0.1) is 11.3 Å². The van der Waals surface area contributed by atoms with Gasteiger partial charge in [0.1, 0.15) is 0 Å². The maximum Gasteiger partial charge on any atom is 0.184 e. The van der Waals surface area contributed by atoms with Crippen LogP contribution in [0.5, 0.6) is 0 Å². The average Bonchev–Trinajstić information content (AvgIpc) is 2.27. The second kappa shape index (κ2) is 2.47. The average molecular weight is 184 g/mol.